The predicted molar refractivity (Wildman–Crippen MR) is 129 cm³/mol. The summed E-state index contributed by atoms with van der Waals surface area (Å²) < 4.78 is 9.08. The normalized spacial score (nSPS) is 14.3. The average molecular weight is 502 g/mol. The molecule has 30 heavy (non-hydrogen) atoms. The predicted octanol–water partition coefficient (Wildman–Crippen LogP) is 5.25. The van der Waals surface area contributed by atoms with Gasteiger partial charge in [-0.3, -0.25) is 4.79 Å². The van der Waals surface area contributed by atoms with E-state index in [9.17, 15) is 4.79 Å². The van der Waals surface area contributed by atoms with E-state index in [-0.39, 0.29) is 12.5 Å². The van der Waals surface area contributed by atoms with Gasteiger partial charge < -0.3 is 9.30 Å². The van der Waals surface area contributed by atoms with Crippen LogP contribution in [-0.2, 0) is 4.79 Å². The number of carbonyl (C=O) groups is 1. The van der Waals surface area contributed by atoms with Gasteiger partial charge >= 0.3 is 0 Å². The summed E-state index contributed by atoms with van der Waals surface area (Å²) in [7, 11) is 0. The van der Waals surface area contributed by atoms with E-state index < -0.39 is 0 Å². The Morgan fingerprint density at radius 2 is 1.87 bits per heavy atom. The molecule has 0 unspecified atom stereocenters. The van der Waals surface area contributed by atoms with E-state index in [1.165, 1.54) is 17.1 Å². The van der Waals surface area contributed by atoms with Crippen LogP contribution in [-0.4, -0.2) is 34.8 Å². The quantitative estimate of drug-likeness (QED) is 0.354. The molecule has 0 aliphatic carbocycles. The molecule has 1 aliphatic rings. The molecule has 2 aromatic carbocycles. The second kappa shape index (κ2) is 10.2. The molecule has 3 aromatic rings. The molecular weight excluding hydrogens is 482 g/mol. The number of rotatable bonds is 7. The topological polar surface area (TPSA) is 55.6 Å². The molecule has 154 valence electrons. The Balaban J connectivity index is 1.27. The van der Waals surface area contributed by atoms with Crippen molar-refractivity contribution in [3.05, 3.63) is 82.6 Å². The Kier molecular flexibility index (Phi) is 7.20. The molecule has 1 N–H and O–H groups in total. The van der Waals surface area contributed by atoms with Crippen LogP contribution in [0.4, 0.5) is 0 Å². The number of benzene rings is 2. The summed E-state index contributed by atoms with van der Waals surface area (Å²) in [5.74, 6) is 2.76. The third-order valence-corrected chi connectivity index (χ3v) is 8.05. The van der Waals surface area contributed by atoms with Crippen LogP contribution in [0.3, 0.4) is 0 Å². The first-order valence-electron chi connectivity index (χ1n) is 9.40. The number of nitrogens with one attached hydrogen (secondary N) is 1. The summed E-state index contributed by atoms with van der Waals surface area (Å²) in [6.45, 7) is -0.0860. The molecule has 8 heteroatoms. The first-order chi connectivity index (χ1) is 14.7. The second-order valence-corrected chi connectivity index (χ2v) is 10.1. The van der Waals surface area contributed by atoms with E-state index in [0.717, 1.165) is 15.9 Å². The van der Waals surface area contributed by atoms with Crippen molar-refractivity contribution in [2.24, 2.45) is 5.10 Å². The van der Waals surface area contributed by atoms with Gasteiger partial charge in [0.1, 0.15) is 5.75 Å². The van der Waals surface area contributed by atoms with E-state index in [0.29, 0.717) is 10.3 Å². The van der Waals surface area contributed by atoms with E-state index in [4.69, 9.17) is 4.74 Å². The van der Waals surface area contributed by atoms with Crippen molar-refractivity contribution in [1.29, 1.82) is 0 Å². The Hall–Kier alpha value is -2.16. The van der Waals surface area contributed by atoms with E-state index in [2.05, 4.69) is 38.6 Å². The number of thioether (sulfide) groups is 2. The third kappa shape index (κ3) is 5.50. The summed E-state index contributed by atoms with van der Waals surface area (Å²) in [5.41, 5.74) is 5.67. The van der Waals surface area contributed by atoms with Crippen molar-refractivity contribution >= 4 is 51.6 Å². The van der Waals surface area contributed by atoms with Crippen molar-refractivity contribution in [2.75, 3.05) is 18.1 Å². The van der Waals surface area contributed by atoms with Crippen LogP contribution < -0.4 is 10.2 Å². The van der Waals surface area contributed by atoms with Crippen molar-refractivity contribution in [2.45, 2.75) is 4.58 Å². The van der Waals surface area contributed by atoms with Crippen LogP contribution in [0, 0.1) is 0 Å². The van der Waals surface area contributed by atoms with Crippen LogP contribution in [0.25, 0.3) is 5.69 Å². The fraction of sp³-hybridized carbons (Fsp3) is 0.182. The van der Waals surface area contributed by atoms with Gasteiger partial charge in [0.15, 0.2) is 6.61 Å². The highest BCUT2D eigenvalue weighted by Gasteiger charge is 2.17. The zero-order valence-corrected chi connectivity index (χ0v) is 19.3. The number of amides is 1. The first-order valence-corrected chi connectivity index (χ1v) is 12.3. The third-order valence-electron chi connectivity index (χ3n) is 4.42. The molecule has 1 fully saturated rings. The Bertz CT molecular complexity index is 1010. The van der Waals surface area contributed by atoms with Gasteiger partial charge in [-0.25, -0.2) is 5.43 Å². The lowest BCUT2D eigenvalue weighted by atomic mass is 10.2. The van der Waals surface area contributed by atoms with Gasteiger partial charge in [-0.2, -0.15) is 5.10 Å². The maximum atomic E-state index is 12.0. The van der Waals surface area contributed by atoms with Gasteiger partial charge in [0, 0.05) is 27.9 Å². The molecule has 5 nitrogen and oxygen atoms in total. The van der Waals surface area contributed by atoms with Crippen LogP contribution >= 0.6 is 39.5 Å². The minimum absolute atomic E-state index is 0.0860. The van der Waals surface area contributed by atoms with Crippen molar-refractivity contribution in [3.8, 4) is 11.4 Å². The Morgan fingerprint density at radius 1 is 1.13 bits per heavy atom. The van der Waals surface area contributed by atoms with Crippen molar-refractivity contribution in [3.63, 3.8) is 0 Å². The fourth-order valence-corrected chi connectivity index (χ4v) is 6.08. The molecule has 1 amide bonds. The molecule has 0 bridgehead atoms. The smallest absolute Gasteiger partial charge is 0.277 e. The summed E-state index contributed by atoms with van der Waals surface area (Å²) >= 11 is 7.37. The lowest BCUT2D eigenvalue weighted by Gasteiger charge is -2.10. The second-order valence-electron chi connectivity index (χ2n) is 6.50. The van der Waals surface area contributed by atoms with Crippen molar-refractivity contribution in [1.82, 2.24) is 9.99 Å². The highest BCUT2D eigenvalue weighted by molar-refractivity contribution is 9.10. The summed E-state index contributed by atoms with van der Waals surface area (Å²) in [4.78, 5) is 12.0. The van der Waals surface area contributed by atoms with Gasteiger partial charge in [-0.1, -0.05) is 28.1 Å². The molecule has 1 saturated heterocycles. The molecule has 0 saturated carbocycles. The zero-order chi connectivity index (χ0) is 20.8. The number of aromatic nitrogens is 1. The molecule has 1 aliphatic heterocycles. The highest BCUT2D eigenvalue weighted by atomic mass is 79.9. The van der Waals surface area contributed by atoms with Gasteiger partial charge in [0.25, 0.3) is 5.91 Å². The number of hydrazone groups is 1. The van der Waals surface area contributed by atoms with E-state index in [1.54, 1.807) is 6.21 Å². The Labute approximate surface area is 192 Å². The van der Waals surface area contributed by atoms with Gasteiger partial charge in [-0.05, 0) is 54.1 Å². The SMILES string of the molecule is O=C(COc1ccc(C2SCCS2)cc1)N/N=C\c1cccn1-c1ccc(Br)cc1. The number of carbonyl (C=O) groups excluding carboxylic acids is 1. The molecule has 0 spiro atoms. The van der Waals surface area contributed by atoms with Crippen molar-refractivity contribution < 1.29 is 9.53 Å². The minimum Gasteiger partial charge on any atom is -0.484 e. The number of halogens is 1. The maximum absolute atomic E-state index is 12.0. The molecule has 1 aromatic heterocycles. The van der Waals surface area contributed by atoms with Crippen LogP contribution in [0.15, 0.2) is 76.4 Å². The van der Waals surface area contributed by atoms with Crippen LogP contribution in [0.2, 0.25) is 0 Å². The average Bonchev–Trinajstić information content (AvgIpc) is 3.46. The number of hydrogen-bond donors (Lipinski definition) is 1. The summed E-state index contributed by atoms with van der Waals surface area (Å²) in [5, 5.41) is 4.06. The van der Waals surface area contributed by atoms with Gasteiger partial charge in [-0.15, -0.1) is 23.5 Å². The first kappa shape index (κ1) is 21.1. The maximum Gasteiger partial charge on any atom is 0.277 e. The lowest BCUT2D eigenvalue weighted by Crippen LogP contribution is -2.24. The molecular formula is C22H20BrN3O2S2. The zero-order valence-electron chi connectivity index (χ0n) is 16.0. The highest BCUT2D eigenvalue weighted by Crippen LogP contribution is 2.45. The number of hydrogen-bond acceptors (Lipinski definition) is 5. The largest absolute Gasteiger partial charge is 0.484 e. The number of nitrogens with zero attached hydrogens (tertiary/aromatic N) is 2. The molecule has 0 atom stereocenters. The number of ether oxygens (including phenoxy) is 1. The minimum atomic E-state index is -0.307. The Morgan fingerprint density at radius 3 is 2.60 bits per heavy atom. The molecule has 2 heterocycles. The van der Waals surface area contributed by atoms with E-state index >= 15 is 0 Å². The van der Waals surface area contributed by atoms with Crippen LogP contribution in [0.1, 0.15) is 15.8 Å². The standard InChI is InChI=1S/C22H20BrN3O2S2/c23-17-5-7-18(8-6-17)26-11-1-2-19(26)14-24-25-21(27)15-28-20-9-3-16(4-10-20)22-29-12-13-30-22/h1-11,14,22H,12-13,15H2,(H,25,27)/b24-14-. The molecule has 4 rings (SSSR count). The fourth-order valence-electron chi connectivity index (χ4n) is 2.96. The lowest BCUT2D eigenvalue weighted by molar-refractivity contribution is -0.123. The van der Waals surface area contributed by atoms with Crippen LogP contribution in [0.5, 0.6) is 5.75 Å². The van der Waals surface area contributed by atoms with Gasteiger partial charge in [0.05, 0.1) is 16.5 Å². The van der Waals surface area contributed by atoms with Gasteiger partial charge in [0.2, 0.25) is 0 Å². The molecule has 0 radical (unpaired) electrons. The summed E-state index contributed by atoms with van der Waals surface area (Å²) in [6, 6.07) is 19.8. The van der Waals surface area contributed by atoms with E-state index in [1.807, 2.05) is 82.8 Å². The monoisotopic (exact) mass is 501 g/mol. The summed E-state index contributed by atoms with van der Waals surface area (Å²) in [6.07, 6.45) is 3.56.